The van der Waals surface area contributed by atoms with E-state index in [-0.39, 0.29) is 6.61 Å². The molecule has 0 saturated heterocycles. The number of fused-ring (bicyclic) bond motifs is 1. The maximum Gasteiger partial charge on any atom is 0.153 e. The van der Waals surface area contributed by atoms with Crippen molar-refractivity contribution in [1.29, 1.82) is 0 Å². The van der Waals surface area contributed by atoms with Crippen LogP contribution < -0.4 is 10.5 Å². The van der Waals surface area contributed by atoms with Gasteiger partial charge < -0.3 is 15.6 Å². The Labute approximate surface area is 108 Å². The molecular formula is C12H13BrN2O2. The minimum atomic E-state index is 0.104. The average molecular weight is 297 g/mol. The molecule has 90 valence electrons. The van der Waals surface area contributed by atoms with Gasteiger partial charge in [-0.2, -0.15) is 0 Å². The highest BCUT2D eigenvalue weighted by atomic mass is 79.9. The first-order chi connectivity index (χ1) is 8.22. The minimum Gasteiger partial charge on any atom is -0.491 e. The lowest BCUT2D eigenvalue weighted by Gasteiger charge is -2.11. The molecule has 5 heteroatoms. The van der Waals surface area contributed by atoms with E-state index in [0.29, 0.717) is 24.5 Å². The average Bonchev–Trinajstić information content (AvgIpc) is 2.32. The zero-order chi connectivity index (χ0) is 12.3. The summed E-state index contributed by atoms with van der Waals surface area (Å²) in [5, 5.41) is 9.61. The van der Waals surface area contributed by atoms with Crippen molar-refractivity contribution in [2.75, 3.05) is 18.9 Å². The number of nitrogens with zero attached hydrogens (tertiary/aromatic N) is 1. The first-order valence-electron chi connectivity index (χ1n) is 5.30. The number of anilines is 1. The second kappa shape index (κ2) is 5.33. The highest BCUT2D eigenvalue weighted by Gasteiger charge is 2.08. The van der Waals surface area contributed by atoms with Crippen LogP contribution in [0, 0.1) is 0 Å². The van der Waals surface area contributed by atoms with Crippen LogP contribution in [-0.4, -0.2) is 23.3 Å². The van der Waals surface area contributed by atoms with Crippen LogP contribution in [0.3, 0.4) is 0 Å². The molecule has 0 bridgehead atoms. The molecule has 0 unspecified atom stereocenters. The van der Waals surface area contributed by atoms with Crippen LogP contribution in [0.15, 0.2) is 28.9 Å². The van der Waals surface area contributed by atoms with Crippen LogP contribution in [0.5, 0.6) is 5.75 Å². The molecule has 0 aliphatic heterocycles. The van der Waals surface area contributed by atoms with Gasteiger partial charge >= 0.3 is 0 Å². The van der Waals surface area contributed by atoms with Gasteiger partial charge in [0.25, 0.3) is 0 Å². The molecular weight excluding hydrogens is 284 g/mol. The Morgan fingerprint density at radius 3 is 3.00 bits per heavy atom. The molecule has 1 aromatic heterocycles. The van der Waals surface area contributed by atoms with Gasteiger partial charge in [-0.3, -0.25) is 4.98 Å². The molecule has 0 atom stereocenters. The maximum atomic E-state index is 8.74. The topological polar surface area (TPSA) is 68.4 Å². The van der Waals surface area contributed by atoms with Crippen LogP contribution in [0.4, 0.5) is 5.69 Å². The summed E-state index contributed by atoms with van der Waals surface area (Å²) in [7, 11) is 0. The third-order valence-corrected chi connectivity index (χ3v) is 2.85. The molecule has 0 fully saturated rings. The van der Waals surface area contributed by atoms with Crippen LogP contribution >= 0.6 is 15.9 Å². The Hall–Kier alpha value is -1.33. The molecule has 0 aliphatic carbocycles. The van der Waals surface area contributed by atoms with Crippen molar-refractivity contribution in [2.24, 2.45) is 0 Å². The second-order valence-corrected chi connectivity index (χ2v) is 4.55. The summed E-state index contributed by atoms with van der Waals surface area (Å²) in [6.45, 7) is 0.541. The van der Waals surface area contributed by atoms with Crippen LogP contribution in [0.25, 0.3) is 10.9 Å². The van der Waals surface area contributed by atoms with E-state index in [0.717, 1.165) is 15.4 Å². The van der Waals surface area contributed by atoms with E-state index >= 15 is 0 Å². The molecule has 0 radical (unpaired) electrons. The van der Waals surface area contributed by atoms with Crippen LogP contribution in [-0.2, 0) is 0 Å². The van der Waals surface area contributed by atoms with Crippen molar-refractivity contribution in [2.45, 2.75) is 6.42 Å². The smallest absolute Gasteiger partial charge is 0.153 e. The predicted octanol–water partition coefficient (Wildman–Crippen LogP) is 2.34. The van der Waals surface area contributed by atoms with Crippen molar-refractivity contribution in [3.63, 3.8) is 0 Å². The van der Waals surface area contributed by atoms with E-state index in [1.54, 1.807) is 6.20 Å². The van der Waals surface area contributed by atoms with E-state index in [2.05, 4.69) is 20.9 Å². The number of ether oxygens (including phenoxy) is 1. The summed E-state index contributed by atoms with van der Waals surface area (Å²) in [5.74, 6) is 0.629. The Kier molecular flexibility index (Phi) is 3.81. The number of hydrogen-bond acceptors (Lipinski definition) is 4. The molecule has 17 heavy (non-hydrogen) atoms. The van der Waals surface area contributed by atoms with Crippen LogP contribution in [0.1, 0.15) is 6.42 Å². The summed E-state index contributed by atoms with van der Waals surface area (Å²) >= 11 is 3.41. The number of benzene rings is 1. The number of aromatic nitrogens is 1. The lowest BCUT2D eigenvalue weighted by molar-refractivity contribution is 0.235. The van der Waals surface area contributed by atoms with Gasteiger partial charge in [0.1, 0.15) is 0 Å². The van der Waals surface area contributed by atoms with E-state index in [1.165, 1.54) is 0 Å². The number of aliphatic hydroxyl groups is 1. The summed E-state index contributed by atoms with van der Waals surface area (Å²) in [6.07, 6.45) is 2.17. The quantitative estimate of drug-likeness (QED) is 0.850. The lowest BCUT2D eigenvalue weighted by atomic mass is 10.2. The zero-order valence-corrected chi connectivity index (χ0v) is 10.8. The molecule has 0 amide bonds. The standard InChI is InChI=1S/C12H13BrN2O2/c13-8-2-3-11-9(6-8)12(10(14)7-15-11)17-5-1-4-16/h2-3,6-7,16H,1,4-5,14H2. The molecule has 0 spiro atoms. The third-order valence-electron chi connectivity index (χ3n) is 2.36. The lowest BCUT2D eigenvalue weighted by Crippen LogP contribution is -2.03. The monoisotopic (exact) mass is 296 g/mol. The summed E-state index contributed by atoms with van der Waals surface area (Å²) in [5.41, 5.74) is 7.20. The molecule has 4 nitrogen and oxygen atoms in total. The van der Waals surface area contributed by atoms with E-state index in [4.69, 9.17) is 15.6 Å². The second-order valence-electron chi connectivity index (χ2n) is 3.63. The fourth-order valence-corrected chi connectivity index (χ4v) is 1.92. The molecule has 1 heterocycles. The van der Waals surface area contributed by atoms with Gasteiger partial charge in [-0.05, 0) is 18.2 Å². The molecule has 2 rings (SSSR count). The predicted molar refractivity (Wildman–Crippen MR) is 71.1 cm³/mol. The summed E-state index contributed by atoms with van der Waals surface area (Å²) in [4.78, 5) is 4.24. The van der Waals surface area contributed by atoms with E-state index in [9.17, 15) is 0 Å². The van der Waals surface area contributed by atoms with Crippen molar-refractivity contribution in [3.05, 3.63) is 28.9 Å². The number of nitrogens with two attached hydrogens (primary N) is 1. The van der Waals surface area contributed by atoms with E-state index in [1.807, 2.05) is 18.2 Å². The Bertz CT molecular complexity index is 526. The number of nitrogen functional groups attached to an aromatic ring is 1. The largest absolute Gasteiger partial charge is 0.491 e. The van der Waals surface area contributed by atoms with E-state index < -0.39 is 0 Å². The highest BCUT2D eigenvalue weighted by Crippen LogP contribution is 2.32. The number of aliphatic hydroxyl groups excluding tert-OH is 1. The Balaban J connectivity index is 2.43. The number of hydrogen-bond donors (Lipinski definition) is 2. The van der Waals surface area contributed by atoms with Gasteiger partial charge in [0.05, 0.1) is 24.0 Å². The third kappa shape index (κ3) is 2.68. The van der Waals surface area contributed by atoms with Gasteiger partial charge in [0, 0.05) is 22.9 Å². The van der Waals surface area contributed by atoms with Crippen LogP contribution in [0.2, 0.25) is 0 Å². The number of rotatable bonds is 4. The normalized spacial score (nSPS) is 10.7. The van der Waals surface area contributed by atoms with Crippen molar-refractivity contribution in [3.8, 4) is 5.75 Å². The Morgan fingerprint density at radius 1 is 1.41 bits per heavy atom. The highest BCUT2D eigenvalue weighted by molar-refractivity contribution is 9.10. The molecule has 3 N–H and O–H groups in total. The Morgan fingerprint density at radius 2 is 2.24 bits per heavy atom. The zero-order valence-electron chi connectivity index (χ0n) is 9.19. The van der Waals surface area contributed by atoms with Crippen molar-refractivity contribution < 1.29 is 9.84 Å². The van der Waals surface area contributed by atoms with Gasteiger partial charge in [-0.25, -0.2) is 0 Å². The van der Waals surface area contributed by atoms with Gasteiger partial charge in [0.2, 0.25) is 0 Å². The minimum absolute atomic E-state index is 0.104. The van der Waals surface area contributed by atoms with Crippen molar-refractivity contribution >= 4 is 32.5 Å². The van der Waals surface area contributed by atoms with Gasteiger partial charge in [-0.15, -0.1) is 0 Å². The first kappa shape index (κ1) is 12.1. The van der Waals surface area contributed by atoms with Gasteiger partial charge in [0.15, 0.2) is 5.75 Å². The SMILES string of the molecule is Nc1cnc2ccc(Br)cc2c1OCCCO. The molecule has 2 aromatic rings. The fraction of sp³-hybridized carbons (Fsp3) is 0.250. The first-order valence-corrected chi connectivity index (χ1v) is 6.09. The van der Waals surface area contributed by atoms with Gasteiger partial charge in [-0.1, -0.05) is 15.9 Å². The summed E-state index contributed by atoms with van der Waals surface area (Å²) in [6, 6.07) is 5.74. The maximum absolute atomic E-state index is 8.74. The fourth-order valence-electron chi connectivity index (χ4n) is 1.56. The molecule has 1 aromatic carbocycles. The number of halogens is 1. The van der Waals surface area contributed by atoms with Crippen molar-refractivity contribution in [1.82, 2.24) is 4.98 Å². The summed E-state index contributed by atoms with van der Waals surface area (Å²) < 4.78 is 6.55. The number of pyridine rings is 1. The molecule has 0 saturated carbocycles. The molecule has 0 aliphatic rings.